The molecule has 0 bridgehead atoms. The third-order valence-electron chi connectivity index (χ3n) is 1.10. The lowest BCUT2D eigenvalue weighted by Crippen LogP contribution is -2.18. The highest BCUT2D eigenvalue weighted by molar-refractivity contribution is 9.10. The number of halogens is 2. The zero-order chi connectivity index (χ0) is 10.1. The van der Waals surface area contributed by atoms with Gasteiger partial charge < -0.3 is 4.18 Å². The van der Waals surface area contributed by atoms with Crippen molar-refractivity contribution in [3.63, 3.8) is 0 Å². The van der Waals surface area contributed by atoms with Crippen molar-refractivity contribution in [3.8, 4) is 5.75 Å². The van der Waals surface area contributed by atoms with Crippen LogP contribution in [0, 0.1) is 0 Å². The smallest absolute Gasteiger partial charge is 0.371 e. The number of hydrogen-bond acceptors (Lipinski definition) is 3. The van der Waals surface area contributed by atoms with Gasteiger partial charge in [-0.1, -0.05) is 11.6 Å². The van der Waals surface area contributed by atoms with Gasteiger partial charge >= 0.3 is 10.3 Å². The van der Waals surface area contributed by atoms with Gasteiger partial charge in [0.25, 0.3) is 0 Å². The summed E-state index contributed by atoms with van der Waals surface area (Å²) in [5.74, 6) is 0.110. The Morgan fingerprint density at radius 3 is 2.54 bits per heavy atom. The Morgan fingerprint density at radius 2 is 2.08 bits per heavy atom. The zero-order valence-electron chi connectivity index (χ0n) is 6.20. The summed E-state index contributed by atoms with van der Waals surface area (Å²) in [6.07, 6.45) is 0. The Balaban J connectivity index is 2.99. The first-order valence-electron chi connectivity index (χ1n) is 3.06. The molecule has 0 atom stereocenters. The quantitative estimate of drug-likeness (QED) is 0.899. The van der Waals surface area contributed by atoms with E-state index in [0.717, 1.165) is 0 Å². The van der Waals surface area contributed by atoms with E-state index in [9.17, 15) is 8.42 Å². The van der Waals surface area contributed by atoms with Gasteiger partial charge in [0.1, 0.15) is 5.75 Å². The van der Waals surface area contributed by atoms with Crippen LogP contribution in [0.1, 0.15) is 0 Å². The van der Waals surface area contributed by atoms with Gasteiger partial charge in [0, 0.05) is 4.47 Å². The SMILES string of the molecule is NS(=O)(=O)Oc1ccc(Cl)c(Br)c1. The van der Waals surface area contributed by atoms with Crippen molar-refractivity contribution in [1.29, 1.82) is 0 Å². The van der Waals surface area contributed by atoms with E-state index in [1.54, 1.807) is 0 Å². The molecule has 0 saturated heterocycles. The minimum Gasteiger partial charge on any atom is -0.371 e. The molecular weight excluding hydrogens is 281 g/mol. The highest BCUT2D eigenvalue weighted by Gasteiger charge is 2.06. The normalized spacial score (nSPS) is 11.3. The first-order chi connectivity index (χ1) is 5.88. The Hall–Kier alpha value is -0.300. The molecule has 1 aromatic rings. The lowest BCUT2D eigenvalue weighted by atomic mass is 10.3. The van der Waals surface area contributed by atoms with Crippen molar-refractivity contribution in [1.82, 2.24) is 0 Å². The molecule has 0 radical (unpaired) electrons. The second-order valence-electron chi connectivity index (χ2n) is 2.15. The Bertz CT molecular complexity index is 420. The van der Waals surface area contributed by atoms with Gasteiger partial charge in [-0.25, -0.2) is 0 Å². The van der Waals surface area contributed by atoms with Gasteiger partial charge in [-0.3, -0.25) is 0 Å². The fraction of sp³-hybridized carbons (Fsp3) is 0. The molecule has 0 unspecified atom stereocenters. The summed E-state index contributed by atoms with van der Waals surface area (Å²) in [6.45, 7) is 0. The van der Waals surface area contributed by atoms with Crippen LogP contribution in [-0.4, -0.2) is 8.42 Å². The molecule has 2 N–H and O–H groups in total. The molecule has 0 aliphatic heterocycles. The highest BCUT2D eigenvalue weighted by atomic mass is 79.9. The van der Waals surface area contributed by atoms with E-state index in [-0.39, 0.29) is 5.75 Å². The molecule has 4 nitrogen and oxygen atoms in total. The monoisotopic (exact) mass is 285 g/mol. The van der Waals surface area contributed by atoms with E-state index < -0.39 is 10.3 Å². The average Bonchev–Trinajstić information content (AvgIpc) is 1.94. The number of benzene rings is 1. The molecule has 0 aliphatic rings. The van der Waals surface area contributed by atoms with E-state index in [1.807, 2.05) is 0 Å². The van der Waals surface area contributed by atoms with Crippen LogP contribution in [0.5, 0.6) is 5.75 Å². The van der Waals surface area contributed by atoms with Crippen molar-refractivity contribution in [3.05, 3.63) is 27.7 Å². The second kappa shape index (κ2) is 3.83. The summed E-state index contributed by atoms with van der Waals surface area (Å²) >= 11 is 8.77. The third kappa shape index (κ3) is 3.51. The highest BCUT2D eigenvalue weighted by Crippen LogP contribution is 2.27. The largest absolute Gasteiger partial charge is 0.380 e. The number of hydrogen-bond donors (Lipinski definition) is 1. The van der Waals surface area contributed by atoms with Crippen LogP contribution >= 0.6 is 27.5 Å². The molecule has 0 saturated carbocycles. The predicted molar refractivity (Wildman–Crippen MR) is 52.9 cm³/mol. The Kier molecular flexibility index (Phi) is 3.18. The van der Waals surface area contributed by atoms with Crippen LogP contribution in [0.25, 0.3) is 0 Å². The second-order valence-corrected chi connectivity index (χ2v) is 4.57. The van der Waals surface area contributed by atoms with E-state index in [0.29, 0.717) is 9.50 Å². The molecular formula is C6H5BrClNO3S. The summed E-state index contributed by atoms with van der Waals surface area (Å²) in [4.78, 5) is 0. The van der Waals surface area contributed by atoms with Gasteiger partial charge in [-0.05, 0) is 34.1 Å². The standard InChI is InChI=1S/C6H5BrClNO3S/c7-5-3-4(1-2-6(5)8)12-13(9,10)11/h1-3H,(H2,9,10,11). The molecule has 0 fully saturated rings. The van der Waals surface area contributed by atoms with E-state index in [1.165, 1.54) is 18.2 Å². The Morgan fingerprint density at radius 1 is 1.46 bits per heavy atom. The van der Waals surface area contributed by atoms with E-state index >= 15 is 0 Å². The summed E-state index contributed by atoms with van der Waals surface area (Å²) < 4.78 is 25.9. The number of nitrogens with two attached hydrogens (primary N) is 1. The van der Waals surface area contributed by atoms with Crippen molar-refractivity contribution < 1.29 is 12.6 Å². The maximum Gasteiger partial charge on any atom is 0.380 e. The minimum atomic E-state index is -3.97. The lowest BCUT2D eigenvalue weighted by Gasteiger charge is -2.02. The summed E-state index contributed by atoms with van der Waals surface area (Å²) in [5.41, 5.74) is 0. The van der Waals surface area contributed by atoms with Gasteiger partial charge in [-0.2, -0.15) is 13.6 Å². The molecule has 0 aliphatic carbocycles. The van der Waals surface area contributed by atoms with E-state index in [2.05, 4.69) is 25.3 Å². The first kappa shape index (κ1) is 10.8. The molecule has 13 heavy (non-hydrogen) atoms. The van der Waals surface area contributed by atoms with Crippen LogP contribution in [0.2, 0.25) is 5.02 Å². The van der Waals surface area contributed by atoms with E-state index in [4.69, 9.17) is 11.6 Å². The lowest BCUT2D eigenvalue weighted by molar-refractivity contribution is 0.487. The summed E-state index contributed by atoms with van der Waals surface area (Å²) in [5, 5.41) is 5.12. The molecule has 72 valence electrons. The predicted octanol–water partition coefficient (Wildman–Crippen LogP) is 1.68. The van der Waals surface area contributed by atoms with Gasteiger partial charge in [0.05, 0.1) is 5.02 Å². The molecule has 0 amide bonds. The molecule has 1 aromatic carbocycles. The van der Waals surface area contributed by atoms with Crippen molar-refractivity contribution in [2.75, 3.05) is 0 Å². The maximum atomic E-state index is 10.5. The van der Waals surface area contributed by atoms with Crippen LogP contribution in [0.4, 0.5) is 0 Å². The topological polar surface area (TPSA) is 69.4 Å². The average molecular weight is 287 g/mol. The minimum absolute atomic E-state index is 0.110. The van der Waals surface area contributed by atoms with Gasteiger partial charge in [0.15, 0.2) is 0 Å². The fourth-order valence-corrected chi connectivity index (χ4v) is 1.51. The molecule has 0 spiro atoms. The van der Waals surface area contributed by atoms with Gasteiger partial charge in [-0.15, -0.1) is 0 Å². The van der Waals surface area contributed by atoms with Crippen LogP contribution in [-0.2, 0) is 10.3 Å². The third-order valence-corrected chi connectivity index (χ3v) is 2.74. The van der Waals surface area contributed by atoms with Crippen LogP contribution in [0.15, 0.2) is 22.7 Å². The van der Waals surface area contributed by atoms with Crippen molar-refractivity contribution in [2.45, 2.75) is 0 Å². The molecule has 1 rings (SSSR count). The molecule has 7 heteroatoms. The number of rotatable bonds is 2. The van der Waals surface area contributed by atoms with Crippen LogP contribution < -0.4 is 9.32 Å². The first-order valence-corrected chi connectivity index (χ1v) is 5.70. The zero-order valence-corrected chi connectivity index (χ0v) is 9.36. The Labute approximate surface area is 89.0 Å². The van der Waals surface area contributed by atoms with Gasteiger partial charge in [0.2, 0.25) is 0 Å². The van der Waals surface area contributed by atoms with Crippen LogP contribution in [0.3, 0.4) is 0 Å². The summed E-state index contributed by atoms with van der Waals surface area (Å²) in [6, 6.07) is 4.30. The molecule has 0 aromatic heterocycles. The molecule has 0 heterocycles. The fourth-order valence-electron chi connectivity index (χ4n) is 0.663. The summed E-state index contributed by atoms with van der Waals surface area (Å²) in [7, 11) is -3.97. The van der Waals surface area contributed by atoms with Crippen molar-refractivity contribution in [2.24, 2.45) is 5.14 Å². The maximum absolute atomic E-state index is 10.5. The van der Waals surface area contributed by atoms with Crippen molar-refractivity contribution >= 4 is 37.8 Å².